The lowest BCUT2D eigenvalue weighted by atomic mass is 10.0. The van der Waals surface area contributed by atoms with Gasteiger partial charge in [-0.15, -0.1) is 0 Å². The molecular formula is C15H17N7O. The predicted molar refractivity (Wildman–Crippen MR) is 88.2 cm³/mol. The molecule has 8 heteroatoms. The lowest BCUT2D eigenvalue weighted by Crippen LogP contribution is -2.42. The summed E-state index contributed by atoms with van der Waals surface area (Å²) in [5.74, 6) is 1.66. The molecule has 1 aromatic carbocycles. The number of aryl methyl sites for hydroxylation is 1. The standard InChI is InChI=1S/C15H17N7O/c1-8-7-9(4-5-10(8)16)22-14-13(20-21-22)12(18-15(17)19-14)11-3-2-6-23-11/h3-5,7,12-13H,2,6,16H2,1H3,(H2,17,18). The predicted octanol–water partition coefficient (Wildman–Crippen LogP) is 1.53. The lowest BCUT2D eigenvalue weighted by Gasteiger charge is -2.24. The van der Waals surface area contributed by atoms with E-state index in [-0.39, 0.29) is 18.0 Å². The number of guanidine groups is 1. The number of benzene rings is 1. The quantitative estimate of drug-likeness (QED) is 0.806. The van der Waals surface area contributed by atoms with Crippen molar-refractivity contribution in [3.05, 3.63) is 35.6 Å². The molecule has 0 spiro atoms. The maximum Gasteiger partial charge on any atom is 0.217 e. The summed E-state index contributed by atoms with van der Waals surface area (Å²) in [7, 11) is 0. The number of anilines is 2. The van der Waals surface area contributed by atoms with Gasteiger partial charge in [0.05, 0.1) is 12.3 Å². The number of amidine groups is 1. The normalized spacial score (nSPS) is 25.6. The van der Waals surface area contributed by atoms with Crippen molar-refractivity contribution in [1.29, 1.82) is 0 Å². The van der Waals surface area contributed by atoms with E-state index in [1.165, 1.54) is 0 Å². The molecule has 3 aliphatic heterocycles. The van der Waals surface area contributed by atoms with Crippen molar-refractivity contribution in [2.45, 2.75) is 25.4 Å². The number of nitrogen functional groups attached to an aromatic ring is 1. The third kappa shape index (κ3) is 2.23. The molecule has 0 amide bonds. The Kier molecular flexibility index (Phi) is 3.03. The van der Waals surface area contributed by atoms with E-state index < -0.39 is 0 Å². The van der Waals surface area contributed by atoms with Crippen LogP contribution in [0.25, 0.3) is 0 Å². The number of hydrogen-bond donors (Lipinski definition) is 2. The van der Waals surface area contributed by atoms with Crippen LogP contribution in [-0.2, 0) is 4.74 Å². The summed E-state index contributed by atoms with van der Waals surface area (Å²) in [6.45, 7) is 2.61. The van der Waals surface area contributed by atoms with Crippen molar-refractivity contribution in [3.63, 3.8) is 0 Å². The van der Waals surface area contributed by atoms with Crippen LogP contribution in [0.15, 0.2) is 50.4 Å². The van der Waals surface area contributed by atoms with E-state index in [1.807, 2.05) is 31.2 Å². The summed E-state index contributed by atoms with van der Waals surface area (Å²) in [5.41, 5.74) is 14.3. The van der Waals surface area contributed by atoms with E-state index in [1.54, 1.807) is 5.01 Å². The number of nitrogens with two attached hydrogens (primary N) is 2. The van der Waals surface area contributed by atoms with Crippen LogP contribution < -0.4 is 16.5 Å². The van der Waals surface area contributed by atoms with Crippen molar-refractivity contribution >= 4 is 23.2 Å². The summed E-state index contributed by atoms with van der Waals surface area (Å²) in [6.07, 6.45) is 2.90. The molecule has 1 aromatic rings. The molecule has 23 heavy (non-hydrogen) atoms. The van der Waals surface area contributed by atoms with Crippen LogP contribution in [0.5, 0.6) is 0 Å². The smallest absolute Gasteiger partial charge is 0.217 e. The number of nitrogens with zero attached hydrogens (tertiary/aromatic N) is 5. The van der Waals surface area contributed by atoms with Crippen molar-refractivity contribution in [2.75, 3.05) is 17.3 Å². The van der Waals surface area contributed by atoms with Crippen LogP contribution in [0.4, 0.5) is 11.4 Å². The van der Waals surface area contributed by atoms with Crippen LogP contribution in [0, 0.1) is 6.92 Å². The van der Waals surface area contributed by atoms with E-state index in [4.69, 9.17) is 16.2 Å². The van der Waals surface area contributed by atoms with Gasteiger partial charge in [0.15, 0.2) is 11.9 Å². The van der Waals surface area contributed by atoms with Gasteiger partial charge in [0.25, 0.3) is 0 Å². The number of ether oxygens (including phenoxy) is 1. The third-order valence-electron chi connectivity index (χ3n) is 4.07. The summed E-state index contributed by atoms with van der Waals surface area (Å²) in [5, 5.41) is 10.3. The van der Waals surface area contributed by atoms with Crippen LogP contribution >= 0.6 is 0 Å². The van der Waals surface area contributed by atoms with Crippen LogP contribution in [0.1, 0.15) is 12.0 Å². The van der Waals surface area contributed by atoms with Crippen molar-refractivity contribution in [3.8, 4) is 0 Å². The average molecular weight is 311 g/mol. The van der Waals surface area contributed by atoms with Gasteiger partial charge in [-0.3, -0.25) is 0 Å². The molecule has 8 nitrogen and oxygen atoms in total. The Balaban J connectivity index is 1.70. The fraction of sp³-hybridized carbons (Fsp3) is 0.333. The molecule has 118 valence electrons. The van der Waals surface area contributed by atoms with Crippen molar-refractivity contribution < 1.29 is 4.74 Å². The van der Waals surface area contributed by atoms with Gasteiger partial charge in [-0.05, 0) is 36.8 Å². The number of fused-ring (bicyclic) bond motifs is 1. The van der Waals surface area contributed by atoms with Crippen LogP contribution in [0.3, 0.4) is 0 Å². The van der Waals surface area contributed by atoms with Gasteiger partial charge in [0.1, 0.15) is 11.8 Å². The fourth-order valence-electron chi connectivity index (χ4n) is 2.84. The number of rotatable bonds is 2. The zero-order valence-corrected chi connectivity index (χ0v) is 12.7. The molecule has 0 saturated carbocycles. The molecule has 0 radical (unpaired) electrons. The first-order valence-corrected chi connectivity index (χ1v) is 7.45. The van der Waals surface area contributed by atoms with E-state index in [2.05, 4.69) is 20.3 Å². The minimum absolute atomic E-state index is 0.210. The summed E-state index contributed by atoms with van der Waals surface area (Å²) in [6, 6.07) is 5.06. The maximum atomic E-state index is 5.89. The highest BCUT2D eigenvalue weighted by molar-refractivity contribution is 6.10. The topological polar surface area (TPSA) is 114 Å². The van der Waals surface area contributed by atoms with Gasteiger partial charge in [0.2, 0.25) is 5.96 Å². The zero-order chi connectivity index (χ0) is 16.0. The molecule has 4 rings (SSSR count). The molecule has 0 aromatic heterocycles. The summed E-state index contributed by atoms with van der Waals surface area (Å²) < 4.78 is 5.63. The summed E-state index contributed by atoms with van der Waals surface area (Å²) >= 11 is 0. The molecule has 4 N–H and O–H groups in total. The van der Waals surface area contributed by atoms with Gasteiger partial charge in [-0.1, -0.05) is 5.22 Å². The van der Waals surface area contributed by atoms with E-state index in [0.717, 1.165) is 29.1 Å². The van der Waals surface area contributed by atoms with Gasteiger partial charge in [-0.25, -0.2) is 4.99 Å². The highest BCUT2D eigenvalue weighted by Crippen LogP contribution is 2.32. The maximum absolute atomic E-state index is 5.89. The van der Waals surface area contributed by atoms with Gasteiger partial charge in [0, 0.05) is 12.1 Å². The van der Waals surface area contributed by atoms with Gasteiger partial charge in [-0.2, -0.15) is 15.1 Å². The largest absolute Gasteiger partial charge is 0.496 e. The van der Waals surface area contributed by atoms with Gasteiger partial charge >= 0.3 is 0 Å². The second kappa shape index (κ2) is 5.08. The Morgan fingerprint density at radius 3 is 2.87 bits per heavy atom. The Morgan fingerprint density at radius 2 is 2.13 bits per heavy atom. The Hall–Kier alpha value is -2.90. The molecule has 3 heterocycles. The SMILES string of the molecule is Cc1cc(N2N=NC3C2=NC(N)=NC3C2=CCCO2)ccc1N. The Labute approximate surface area is 133 Å². The van der Waals surface area contributed by atoms with E-state index in [9.17, 15) is 0 Å². The van der Waals surface area contributed by atoms with Crippen molar-refractivity contribution in [2.24, 2.45) is 26.1 Å². The molecular weight excluding hydrogens is 294 g/mol. The first kappa shape index (κ1) is 13.7. The van der Waals surface area contributed by atoms with Crippen LogP contribution in [-0.4, -0.2) is 30.5 Å². The zero-order valence-electron chi connectivity index (χ0n) is 12.7. The molecule has 2 unspecified atom stereocenters. The highest BCUT2D eigenvalue weighted by atomic mass is 16.5. The monoisotopic (exact) mass is 311 g/mol. The Bertz CT molecular complexity index is 780. The van der Waals surface area contributed by atoms with E-state index >= 15 is 0 Å². The minimum Gasteiger partial charge on any atom is -0.496 e. The molecule has 3 aliphatic rings. The highest BCUT2D eigenvalue weighted by Gasteiger charge is 2.41. The molecule has 0 fully saturated rings. The second-order valence-corrected chi connectivity index (χ2v) is 5.65. The van der Waals surface area contributed by atoms with Crippen LogP contribution in [0.2, 0.25) is 0 Å². The number of aliphatic imine (C=N–C) groups is 2. The van der Waals surface area contributed by atoms with E-state index in [0.29, 0.717) is 12.4 Å². The Morgan fingerprint density at radius 1 is 1.26 bits per heavy atom. The minimum atomic E-state index is -0.315. The molecule has 0 bridgehead atoms. The average Bonchev–Trinajstić information content (AvgIpc) is 3.18. The van der Waals surface area contributed by atoms with Gasteiger partial charge < -0.3 is 16.2 Å². The first-order chi connectivity index (χ1) is 11.1. The first-order valence-electron chi connectivity index (χ1n) is 7.45. The molecule has 0 saturated heterocycles. The van der Waals surface area contributed by atoms with Crippen molar-refractivity contribution in [1.82, 2.24) is 0 Å². The third-order valence-corrected chi connectivity index (χ3v) is 4.07. The molecule has 0 aliphatic carbocycles. The second-order valence-electron chi connectivity index (χ2n) is 5.65. The summed E-state index contributed by atoms with van der Waals surface area (Å²) in [4.78, 5) is 8.72. The lowest BCUT2D eigenvalue weighted by molar-refractivity contribution is 0.222. The molecule has 2 atom stereocenters. The fourth-order valence-corrected chi connectivity index (χ4v) is 2.84. The number of hydrogen-bond acceptors (Lipinski definition) is 8.